The van der Waals surface area contributed by atoms with Gasteiger partial charge in [-0.2, -0.15) is 5.26 Å². The Bertz CT molecular complexity index is 1190. The standard InChI is InChI=1S/C28H24N2O2/c1-21(2)19-23-13-17-27(18-14-23)30(25-9-4-3-5-10-25)26-15-11-22(12-16-26)7-6-8-24(20-29)28(31)32/h3-19H,1-2H3,(H,31,32)/b7-6+,24-8-. The molecular formula is C28H24N2O2. The van der Waals surface area contributed by atoms with Crippen molar-refractivity contribution in [3.05, 3.63) is 113 Å². The van der Waals surface area contributed by atoms with Gasteiger partial charge in [0.15, 0.2) is 0 Å². The molecule has 0 aliphatic rings. The van der Waals surface area contributed by atoms with Crippen LogP contribution < -0.4 is 4.90 Å². The van der Waals surface area contributed by atoms with Gasteiger partial charge in [0.25, 0.3) is 0 Å². The lowest BCUT2D eigenvalue weighted by molar-refractivity contribution is -0.132. The number of carboxylic acids is 1. The molecule has 4 nitrogen and oxygen atoms in total. The molecule has 32 heavy (non-hydrogen) atoms. The molecule has 3 rings (SSSR count). The predicted molar refractivity (Wildman–Crippen MR) is 131 cm³/mol. The summed E-state index contributed by atoms with van der Waals surface area (Å²) < 4.78 is 0. The number of para-hydroxylation sites is 1. The highest BCUT2D eigenvalue weighted by Crippen LogP contribution is 2.34. The molecule has 3 aromatic rings. The Morgan fingerprint density at radius 2 is 1.38 bits per heavy atom. The van der Waals surface area contributed by atoms with Gasteiger partial charge in [0.05, 0.1) is 0 Å². The topological polar surface area (TPSA) is 64.3 Å². The summed E-state index contributed by atoms with van der Waals surface area (Å²) in [6, 6.07) is 28.2. The van der Waals surface area contributed by atoms with Gasteiger partial charge in [0.1, 0.15) is 11.6 Å². The number of hydrogen-bond donors (Lipinski definition) is 1. The maximum Gasteiger partial charge on any atom is 0.346 e. The number of aliphatic carboxylic acids is 1. The first kappa shape index (κ1) is 22.3. The summed E-state index contributed by atoms with van der Waals surface area (Å²) in [4.78, 5) is 13.1. The van der Waals surface area contributed by atoms with Crippen molar-refractivity contribution in [3.8, 4) is 6.07 Å². The van der Waals surface area contributed by atoms with Crippen LogP contribution in [-0.2, 0) is 4.79 Å². The molecule has 0 amide bonds. The van der Waals surface area contributed by atoms with Crippen molar-refractivity contribution < 1.29 is 9.90 Å². The van der Waals surface area contributed by atoms with E-state index < -0.39 is 5.97 Å². The average Bonchev–Trinajstić information content (AvgIpc) is 2.79. The number of anilines is 3. The van der Waals surface area contributed by atoms with E-state index in [9.17, 15) is 4.79 Å². The SMILES string of the molecule is CC(C)=Cc1ccc(N(c2ccccc2)c2ccc(/C=C/C=C(/C#N)C(=O)O)cc2)cc1. The Hall–Kier alpha value is -4.36. The van der Waals surface area contributed by atoms with Crippen molar-refractivity contribution >= 4 is 35.2 Å². The molecule has 0 aliphatic heterocycles. The molecule has 158 valence electrons. The summed E-state index contributed by atoms with van der Waals surface area (Å²) in [7, 11) is 0. The van der Waals surface area contributed by atoms with E-state index in [-0.39, 0.29) is 5.57 Å². The number of allylic oxidation sites excluding steroid dienone is 3. The maximum atomic E-state index is 10.9. The van der Waals surface area contributed by atoms with Crippen LogP contribution in [0.3, 0.4) is 0 Å². The van der Waals surface area contributed by atoms with Crippen LogP contribution in [0.15, 0.2) is 102 Å². The normalized spacial score (nSPS) is 11.1. The third-order valence-electron chi connectivity index (χ3n) is 4.67. The maximum absolute atomic E-state index is 10.9. The van der Waals surface area contributed by atoms with Crippen LogP contribution in [-0.4, -0.2) is 11.1 Å². The summed E-state index contributed by atoms with van der Waals surface area (Å²) in [5, 5.41) is 17.7. The second-order valence-corrected chi connectivity index (χ2v) is 7.43. The van der Waals surface area contributed by atoms with Gasteiger partial charge < -0.3 is 10.0 Å². The highest BCUT2D eigenvalue weighted by Gasteiger charge is 2.11. The molecule has 0 aliphatic carbocycles. The minimum Gasteiger partial charge on any atom is -0.477 e. The van der Waals surface area contributed by atoms with E-state index in [1.807, 2.05) is 42.5 Å². The molecule has 0 saturated carbocycles. The number of carboxylic acid groups (broad SMARTS) is 1. The zero-order valence-electron chi connectivity index (χ0n) is 18.1. The highest BCUT2D eigenvalue weighted by atomic mass is 16.4. The number of rotatable bonds is 7. The van der Waals surface area contributed by atoms with Gasteiger partial charge in [-0.15, -0.1) is 0 Å². The molecule has 0 aromatic heterocycles. The Labute approximate surface area is 188 Å². The van der Waals surface area contributed by atoms with Crippen LogP contribution in [0.1, 0.15) is 25.0 Å². The number of hydrogen-bond acceptors (Lipinski definition) is 3. The van der Waals surface area contributed by atoms with E-state index in [4.69, 9.17) is 10.4 Å². The highest BCUT2D eigenvalue weighted by molar-refractivity contribution is 5.91. The molecule has 4 heteroatoms. The van der Waals surface area contributed by atoms with Crippen LogP contribution in [0.2, 0.25) is 0 Å². The third kappa shape index (κ3) is 5.84. The van der Waals surface area contributed by atoms with Crippen LogP contribution in [0.5, 0.6) is 0 Å². The van der Waals surface area contributed by atoms with Gasteiger partial charge >= 0.3 is 5.97 Å². The van der Waals surface area contributed by atoms with Crippen molar-refractivity contribution in [2.75, 3.05) is 4.90 Å². The van der Waals surface area contributed by atoms with Crippen LogP contribution in [0.4, 0.5) is 17.1 Å². The summed E-state index contributed by atoms with van der Waals surface area (Å²) >= 11 is 0. The molecule has 3 aromatic carbocycles. The first-order valence-corrected chi connectivity index (χ1v) is 10.2. The number of nitriles is 1. The second-order valence-electron chi connectivity index (χ2n) is 7.43. The summed E-state index contributed by atoms with van der Waals surface area (Å²) in [6.07, 6.45) is 6.78. The number of carbonyl (C=O) groups is 1. The number of nitrogens with zero attached hydrogens (tertiary/aromatic N) is 2. The molecule has 0 unspecified atom stereocenters. The van der Waals surface area contributed by atoms with Gasteiger partial charge in [-0.05, 0) is 67.4 Å². The van der Waals surface area contributed by atoms with Crippen molar-refractivity contribution in [1.82, 2.24) is 0 Å². The lowest BCUT2D eigenvalue weighted by atomic mass is 10.1. The zero-order chi connectivity index (χ0) is 22.9. The van der Waals surface area contributed by atoms with Gasteiger partial charge in [-0.3, -0.25) is 0 Å². The number of benzene rings is 3. The molecule has 0 radical (unpaired) electrons. The fourth-order valence-electron chi connectivity index (χ4n) is 3.22. The first-order valence-electron chi connectivity index (χ1n) is 10.2. The minimum atomic E-state index is -1.23. The summed E-state index contributed by atoms with van der Waals surface area (Å²) in [5.41, 5.74) is 6.11. The van der Waals surface area contributed by atoms with Crippen LogP contribution in [0, 0.1) is 11.3 Å². The van der Waals surface area contributed by atoms with Crippen molar-refractivity contribution in [2.24, 2.45) is 0 Å². The molecule has 1 N–H and O–H groups in total. The smallest absolute Gasteiger partial charge is 0.346 e. The molecule has 0 spiro atoms. The van der Waals surface area contributed by atoms with Gasteiger partial charge in [-0.25, -0.2) is 4.79 Å². The molecule has 0 bridgehead atoms. The quantitative estimate of drug-likeness (QED) is 0.251. The van der Waals surface area contributed by atoms with Crippen LogP contribution in [0.25, 0.3) is 12.2 Å². The Morgan fingerprint density at radius 1 is 0.844 bits per heavy atom. The minimum absolute atomic E-state index is 0.301. The third-order valence-corrected chi connectivity index (χ3v) is 4.67. The second kappa shape index (κ2) is 10.6. The Balaban J connectivity index is 1.92. The molecule has 0 atom stereocenters. The van der Waals surface area contributed by atoms with Crippen molar-refractivity contribution in [3.63, 3.8) is 0 Å². The fourth-order valence-corrected chi connectivity index (χ4v) is 3.22. The van der Waals surface area contributed by atoms with E-state index >= 15 is 0 Å². The van der Waals surface area contributed by atoms with Crippen molar-refractivity contribution in [2.45, 2.75) is 13.8 Å². The monoisotopic (exact) mass is 420 g/mol. The predicted octanol–water partition coefficient (Wildman–Crippen LogP) is 7.13. The summed E-state index contributed by atoms with van der Waals surface area (Å²) in [6.45, 7) is 4.16. The van der Waals surface area contributed by atoms with Crippen LogP contribution >= 0.6 is 0 Å². The largest absolute Gasteiger partial charge is 0.477 e. The molecule has 0 heterocycles. The Kier molecular flexibility index (Phi) is 7.40. The average molecular weight is 421 g/mol. The van der Waals surface area contributed by atoms with E-state index in [2.05, 4.69) is 61.2 Å². The lowest BCUT2D eigenvalue weighted by Gasteiger charge is -2.25. The lowest BCUT2D eigenvalue weighted by Crippen LogP contribution is -2.09. The van der Waals surface area contributed by atoms with E-state index in [1.165, 1.54) is 11.6 Å². The van der Waals surface area contributed by atoms with E-state index in [1.54, 1.807) is 18.2 Å². The van der Waals surface area contributed by atoms with Crippen molar-refractivity contribution in [1.29, 1.82) is 5.26 Å². The summed E-state index contributed by atoms with van der Waals surface area (Å²) in [5.74, 6) is -1.23. The Morgan fingerprint density at radius 3 is 1.88 bits per heavy atom. The zero-order valence-corrected chi connectivity index (χ0v) is 18.1. The van der Waals surface area contributed by atoms with Gasteiger partial charge in [0.2, 0.25) is 0 Å². The first-order chi connectivity index (χ1) is 15.5. The van der Waals surface area contributed by atoms with E-state index in [0.29, 0.717) is 0 Å². The molecule has 0 saturated heterocycles. The van der Waals surface area contributed by atoms with E-state index in [0.717, 1.165) is 28.2 Å². The molecular weight excluding hydrogens is 396 g/mol. The molecule has 0 fully saturated rings. The fraction of sp³-hybridized carbons (Fsp3) is 0.0714. The van der Waals surface area contributed by atoms with Gasteiger partial charge in [-0.1, -0.05) is 66.3 Å². The van der Waals surface area contributed by atoms with Gasteiger partial charge in [0, 0.05) is 17.1 Å².